The first-order valence-corrected chi connectivity index (χ1v) is 13.4. The zero-order valence-corrected chi connectivity index (χ0v) is 22.0. The van der Waals surface area contributed by atoms with Crippen molar-refractivity contribution in [2.75, 3.05) is 0 Å². The molecule has 1 saturated heterocycles. The van der Waals surface area contributed by atoms with E-state index in [9.17, 15) is 19.2 Å². The average Bonchev–Trinajstić information content (AvgIpc) is 3.48. The maximum atomic E-state index is 14.6. The minimum absolute atomic E-state index is 0.243. The largest absolute Gasteiger partial charge is 0.348 e. The van der Waals surface area contributed by atoms with Crippen LogP contribution in [0.1, 0.15) is 64.6 Å². The molecule has 2 spiro atoms. The first-order valence-electron chi connectivity index (χ1n) is 12.3. The van der Waals surface area contributed by atoms with E-state index < -0.39 is 46.2 Å². The van der Waals surface area contributed by atoms with Gasteiger partial charge in [-0.05, 0) is 45.9 Å². The number of rotatable bonds is 2. The summed E-state index contributed by atoms with van der Waals surface area (Å²) in [4.78, 5) is 57.8. The molecule has 5 nitrogen and oxygen atoms in total. The van der Waals surface area contributed by atoms with Crippen LogP contribution in [0, 0.1) is 8.99 Å². The van der Waals surface area contributed by atoms with Crippen LogP contribution in [-0.2, 0) is 4.74 Å². The van der Waals surface area contributed by atoms with Crippen LogP contribution in [0.3, 0.4) is 0 Å². The molecule has 0 N–H and O–H groups in total. The highest BCUT2D eigenvalue weighted by Crippen LogP contribution is 2.67. The topological polar surface area (TPSA) is 77.5 Å². The molecule has 6 heteroatoms. The first-order chi connectivity index (χ1) is 18.4. The van der Waals surface area contributed by atoms with Crippen LogP contribution < -0.4 is 0 Å². The van der Waals surface area contributed by atoms with E-state index in [2.05, 4.69) is 22.6 Å². The van der Waals surface area contributed by atoms with E-state index in [0.717, 1.165) is 3.57 Å². The number of fused-ring (bicyclic) bond motifs is 2. The summed E-state index contributed by atoms with van der Waals surface area (Å²) in [5, 5.41) is 0. The molecule has 4 aromatic rings. The summed E-state index contributed by atoms with van der Waals surface area (Å²) in [6.07, 6.45) is -1.15. The molecule has 2 aliphatic carbocycles. The van der Waals surface area contributed by atoms with Crippen molar-refractivity contribution in [2.45, 2.75) is 17.6 Å². The van der Waals surface area contributed by atoms with E-state index in [4.69, 9.17) is 4.74 Å². The molecule has 7 rings (SSSR count). The van der Waals surface area contributed by atoms with Crippen molar-refractivity contribution >= 4 is 45.7 Å². The summed E-state index contributed by atoms with van der Waals surface area (Å²) in [6.45, 7) is 0. The minimum atomic E-state index is -2.07. The predicted octanol–water partition coefficient (Wildman–Crippen LogP) is 6.03. The maximum Gasteiger partial charge on any atom is 0.204 e. The number of Topliss-reactive ketones (excluding diaryl/α,β-unsaturated/α-hetero) is 4. The molecule has 1 aliphatic heterocycles. The molecule has 38 heavy (non-hydrogen) atoms. The molecule has 2 atom stereocenters. The van der Waals surface area contributed by atoms with Gasteiger partial charge >= 0.3 is 0 Å². The van der Waals surface area contributed by atoms with Crippen LogP contribution in [0.2, 0.25) is 0 Å². The number of benzene rings is 4. The van der Waals surface area contributed by atoms with Crippen molar-refractivity contribution < 1.29 is 23.9 Å². The third kappa shape index (κ3) is 2.74. The molecule has 0 radical (unpaired) electrons. The number of hydrogen-bond donors (Lipinski definition) is 0. The van der Waals surface area contributed by atoms with Crippen LogP contribution in [0.15, 0.2) is 103 Å². The van der Waals surface area contributed by atoms with Gasteiger partial charge in [-0.1, -0.05) is 91.0 Å². The van der Waals surface area contributed by atoms with E-state index >= 15 is 0 Å². The fourth-order valence-electron chi connectivity index (χ4n) is 6.61. The zero-order valence-electron chi connectivity index (χ0n) is 19.9. The van der Waals surface area contributed by atoms with E-state index in [0.29, 0.717) is 11.1 Å². The summed E-state index contributed by atoms with van der Waals surface area (Å²) in [5.41, 5.74) is -1.76. The standard InChI is InChI=1S/C32H19IO5/c33-20-16-14-18(15-17-20)25-31(26(34)21-10-4-5-11-22(21)27(31)35)30(19-8-2-1-3-9-19)38-32(25)28(36)23-12-6-7-13-24(23)29(32)37/h1-17,25,30H/t25-,30-/m0/s1. The molecule has 0 amide bonds. The fraction of sp³-hybridized carbons (Fsp3) is 0.125. The van der Waals surface area contributed by atoms with Crippen molar-refractivity contribution in [2.24, 2.45) is 5.41 Å². The van der Waals surface area contributed by atoms with Gasteiger partial charge in [-0.15, -0.1) is 0 Å². The Bertz CT molecular complexity index is 1620. The zero-order chi connectivity index (χ0) is 26.2. The Morgan fingerprint density at radius 2 is 0.974 bits per heavy atom. The van der Waals surface area contributed by atoms with Gasteiger partial charge in [0.15, 0.2) is 11.6 Å². The summed E-state index contributed by atoms with van der Waals surface area (Å²) < 4.78 is 7.61. The van der Waals surface area contributed by atoms with Crippen molar-refractivity contribution in [3.05, 3.63) is 140 Å². The number of carbonyl (C=O) groups excluding carboxylic acids is 4. The molecule has 3 aliphatic rings. The lowest BCUT2D eigenvalue weighted by Crippen LogP contribution is -2.51. The number of halogens is 1. The van der Waals surface area contributed by atoms with E-state index in [1.807, 2.05) is 18.2 Å². The van der Waals surface area contributed by atoms with Gasteiger partial charge in [0.05, 0.1) is 5.92 Å². The number of carbonyl (C=O) groups is 4. The summed E-state index contributed by atoms with van der Waals surface area (Å²) in [7, 11) is 0. The van der Waals surface area contributed by atoms with Gasteiger partial charge in [0.25, 0.3) is 0 Å². The lowest BCUT2D eigenvalue weighted by atomic mass is 9.60. The lowest BCUT2D eigenvalue weighted by Gasteiger charge is -2.34. The van der Waals surface area contributed by atoms with Gasteiger partial charge in [-0.3, -0.25) is 19.2 Å². The highest BCUT2D eigenvalue weighted by atomic mass is 127. The van der Waals surface area contributed by atoms with Crippen molar-refractivity contribution in [1.29, 1.82) is 0 Å². The van der Waals surface area contributed by atoms with Gasteiger partial charge in [0.1, 0.15) is 11.5 Å². The summed E-state index contributed by atoms with van der Waals surface area (Å²) >= 11 is 2.17. The average molecular weight is 610 g/mol. The molecule has 0 saturated carbocycles. The second kappa shape index (κ2) is 8.12. The van der Waals surface area contributed by atoms with Crippen LogP contribution in [-0.4, -0.2) is 28.7 Å². The quantitative estimate of drug-likeness (QED) is 0.205. The fourth-order valence-corrected chi connectivity index (χ4v) is 6.97. The molecule has 4 aromatic carbocycles. The summed E-state index contributed by atoms with van der Waals surface area (Å²) in [6, 6.07) is 29.5. The molecule has 1 fully saturated rings. The lowest BCUT2D eigenvalue weighted by molar-refractivity contribution is -0.0210. The Balaban J connectivity index is 1.59. The molecule has 184 valence electrons. The number of hydrogen-bond acceptors (Lipinski definition) is 5. The van der Waals surface area contributed by atoms with E-state index in [1.54, 1.807) is 84.9 Å². The third-order valence-corrected chi connectivity index (χ3v) is 8.86. The van der Waals surface area contributed by atoms with E-state index in [1.165, 1.54) is 0 Å². The number of ether oxygens (including phenoxy) is 1. The van der Waals surface area contributed by atoms with Gasteiger partial charge in [-0.25, -0.2) is 0 Å². The Hall–Kier alpha value is -3.75. The van der Waals surface area contributed by atoms with Crippen LogP contribution in [0.25, 0.3) is 0 Å². The smallest absolute Gasteiger partial charge is 0.204 e. The second-order valence-electron chi connectivity index (χ2n) is 9.91. The molecular formula is C32H19IO5. The molecular weight excluding hydrogens is 591 g/mol. The molecule has 0 aromatic heterocycles. The van der Waals surface area contributed by atoms with Crippen LogP contribution in [0.4, 0.5) is 0 Å². The van der Waals surface area contributed by atoms with Crippen LogP contribution in [0.5, 0.6) is 0 Å². The van der Waals surface area contributed by atoms with Crippen LogP contribution >= 0.6 is 22.6 Å². The first kappa shape index (κ1) is 23.4. The monoisotopic (exact) mass is 610 g/mol. The Kier molecular flexibility index (Phi) is 5.00. The van der Waals surface area contributed by atoms with Gasteiger partial charge < -0.3 is 4.74 Å². The number of ketones is 4. The van der Waals surface area contributed by atoms with Crippen molar-refractivity contribution in [3.63, 3.8) is 0 Å². The Morgan fingerprint density at radius 1 is 0.526 bits per heavy atom. The predicted molar refractivity (Wildman–Crippen MR) is 148 cm³/mol. The van der Waals surface area contributed by atoms with E-state index in [-0.39, 0.29) is 22.3 Å². The highest BCUT2D eigenvalue weighted by Gasteiger charge is 2.79. The minimum Gasteiger partial charge on any atom is -0.348 e. The maximum absolute atomic E-state index is 14.6. The summed E-state index contributed by atoms with van der Waals surface area (Å²) in [5.74, 6) is -3.06. The molecule has 1 heterocycles. The van der Waals surface area contributed by atoms with Gasteiger partial charge in [0.2, 0.25) is 17.2 Å². The van der Waals surface area contributed by atoms with Gasteiger partial charge in [0, 0.05) is 25.8 Å². The van der Waals surface area contributed by atoms with Gasteiger partial charge in [-0.2, -0.15) is 0 Å². The van der Waals surface area contributed by atoms with Crippen molar-refractivity contribution in [1.82, 2.24) is 0 Å². The molecule has 0 bridgehead atoms. The normalized spacial score (nSPS) is 22.3. The SMILES string of the molecule is O=C1c2ccccc2C(=O)C12O[C@@H](c1ccccc1)C1(C(=O)c3ccccc3C1=O)[C@@H]2c1ccc(I)cc1. The van der Waals surface area contributed by atoms with Crippen molar-refractivity contribution in [3.8, 4) is 0 Å². The third-order valence-electron chi connectivity index (χ3n) is 8.14. The molecule has 0 unspecified atom stereocenters. The second-order valence-corrected chi connectivity index (χ2v) is 11.2. The highest BCUT2D eigenvalue weighted by molar-refractivity contribution is 14.1. The Labute approximate surface area is 232 Å². The Morgan fingerprint density at radius 3 is 1.47 bits per heavy atom.